The highest BCUT2D eigenvalue weighted by molar-refractivity contribution is 9.10. The molecule has 3 rings (SSSR count). The molecule has 1 fully saturated rings. The number of hydrogen-bond acceptors (Lipinski definition) is 5. The number of aromatic nitrogens is 2. The monoisotopic (exact) mass is 416 g/mol. The first-order valence-electron chi connectivity index (χ1n) is 7.63. The molecule has 1 atom stereocenters. The van der Waals surface area contributed by atoms with E-state index >= 15 is 0 Å². The summed E-state index contributed by atoms with van der Waals surface area (Å²) in [6, 6.07) is 3.08. The lowest BCUT2D eigenvalue weighted by molar-refractivity contribution is 0.410. The van der Waals surface area contributed by atoms with Crippen molar-refractivity contribution < 1.29 is 12.8 Å². The molecule has 0 spiro atoms. The molecular weight excluding hydrogens is 399 g/mol. The highest BCUT2D eigenvalue weighted by Crippen LogP contribution is 2.30. The number of nitrogens with zero attached hydrogens (tertiary/aromatic N) is 3. The molecule has 1 aliphatic heterocycles. The van der Waals surface area contributed by atoms with Crippen molar-refractivity contribution in [1.82, 2.24) is 14.7 Å². The van der Waals surface area contributed by atoms with Crippen molar-refractivity contribution in [2.45, 2.75) is 12.8 Å². The lowest BCUT2D eigenvalue weighted by Crippen LogP contribution is -2.41. The molecule has 24 heavy (non-hydrogen) atoms. The topological polar surface area (TPSA) is 75.2 Å². The summed E-state index contributed by atoms with van der Waals surface area (Å²) < 4.78 is 39.2. The van der Waals surface area contributed by atoms with Crippen LogP contribution >= 0.6 is 15.9 Å². The zero-order valence-corrected chi connectivity index (χ0v) is 15.6. The summed E-state index contributed by atoms with van der Waals surface area (Å²) in [6.07, 6.45) is 4.51. The number of sulfonamides is 1. The van der Waals surface area contributed by atoms with Crippen molar-refractivity contribution in [3.8, 4) is 0 Å². The molecular formula is C15H18BrFN4O2S. The summed E-state index contributed by atoms with van der Waals surface area (Å²) in [5.74, 6) is 0.605. The van der Waals surface area contributed by atoms with E-state index < -0.39 is 10.0 Å². The van der Waals surface area contributed by atoms with Crippen molar-refractivity contribution in [2.24, 2.45) is 5.92 Å². The Morgan fingerprint density at radius 3 is 2.96 bits per heavy atom. The maximum atomic E-state index is 13.7. The predicted octanol–water partition coefficient (Wildman–Crippen LogP) is 2.30. The molecule has 6 nitrogen and oxygen atoms in total. The number of nitrogens with one attached hydrogen (secondary N) is 1. The second-order valence-electron chi connectivity index (χ2n) is 6.06. The summed E-state index contributed by atoms with van der Waals surface area (Å²) in [5.41, 5.74) is 0.553. The molecule has 0 bridgehead atoms. The van der Waals surface area contributed by atoms with E-state index in [-0.39, 0.29) is 11.7 Å². The average molecular weight is 417 g/mol. The molecule has 1 aliphatic rings. The van der Waals surface area contributed by atoms with Gasteiger partial charge in [-0.3, -0.25) is 0 Å². The number of hydrogen-bond donors (Lipinski definition) is 1. The van der Waals surface area contributed by atoms with Crippen LogP contribution in [0.15, 0.2) is 22.9 Å². The van der Waals surface area contributed by atoms with Gasteiger partial charge in [0.2, 0.25) is 10.0 Å². The lowest BCUT2D eigenvalue weighted by Gasteiger charge is -2.34. The second-order valence-corrected chi connectivity index (χ2v) is 8.74. The highest BCUT2D eigenvalue weighted by Gasteiger charge is 2.23. The predicted molar refractivity (Wildman–Crippen MR) is 95.0 cm³/mol. The minimum absolute atomic E-state index is 0.211. The fourth-order valence-electron chi connectivity index (χ4n) is 2.98. The van der Waals surface area contributed by atoms with Crippen LogP contribution < -0.4 is 9.62 Å². The smallest absolute Gasteiger partial charge is 0.208 e. The number of rotatable bonds is 4. The summed E-state index contributed by atoms with van der Waals surface area (Å²) in [7, 11) is -3.19. The molecule has 0 saturated carbocycles. The Kier molecular flexibility index (Phi) is 5.03. The number of halogens is 2. The van der Waals surface area contributed by atoms with Crippen LogP contribution in [0.3, 0.4) is 0 Å². The minimum atomic E-state index is -3.19. The fourth-order valence-corrected chi connectivity index (χ4v) is 3.86. The fraction of sp³-hybridized carbons (Fsp3) is 0.467. The Hall–Kier alpha value is -1.32. The van der Waals surface area contributed by atoms with Gasteiger partial charge in [-0.15, -0.1) is 0 Å². The Bertz CT molecular complexity index is 862. The molecule has 1 N–H and O–H groups in total. The van der Waals surface area contributed by atoms with Gasteiger partial charge in [0.25, 0.3) is 0 Å². The van der Waals surface area contributed by atoms with Crippen LogP contribution in [-0.4, -0.2) is 44.3 Å². The van der Waals surface area contributed by atoms with Gasteiger partial charge in [0.15, 0.2) is 0 Å². The maximum Gasteiger partial charge on any atom is 0.208 e. The largest absolute Gasteiger partial charge is 0.356 e. The highest BCUT2D eigenvalue weighted by atomic mass is 79.9. The number of benzene rings is 1. The quantitative estimate of drug-likeness (QED) is 0.827. The van der Waals surface area contributed by atoms with E-state index in [2.05, 4.69) is 35.5 Å². The first-order chi connectivity index (χ1) is 11.3. The summed E-state index contributed by atoms with van der Waals surface area (Å²) in [4.78, 5) is 10.6. The van der Waals surface area contributed by atoms with E-state index in [0.717, 1.165) is 36.8 Å². The molecule has 9 heteroatoms. The van der Waals surface area contributed by atoms with Crippen molar-refractivity contribution in [3.63, 3.8) is 0 Å². The van der Waals surface area contributed by atoms with Crippen LogP contribution in [0, 0.1) is 11.7 Å². The van der Waals surface area contributed by atoms with Crippen LogP contribution in [0.5, 0.6) is 0 Å². The molecule has 1 saturated heterocycles. The van der Waals surface area contributed by atoms with Gasteiger partial charge < -0.3 is 4.90 Å². The van der Waals surface area contributed by atoms with Gasteiger partial charge in [-0.1, -0.05) is 0 Å². The first-order valence-corrected chi connectivity index (χ1v) is 10.3. The summed E-state index contributed by atoms with van der Waals surface area (Å²) >= 11 is 3.21. The molecule has 1 unspecified atom stereocenters. The van der Waals surface area contributed by atoms with Gasteiger partial charge in [-0.2, -0.15) is 0 Å². The van der Waals surface area contributed by atoms with E-state index in [4.69, 9.17) is 0 Å². The SMILES string of the molecule is CS(=O)(=O)NCC1CCCN(c2ncnc3cc(F)c(Br)cc23)C1. The normalized spacial score (nSPS) is 19.0. The molecule has 0 radical (unpaired) electrons. The minimum Gasteiger partial charge on any atom is -0.356 e. The third-order valence-corrected chi connectivity index (χ3v) is 5.41. The summed E-state index contributed by atoms with van der Waals surface area (Å²) in [5, 5.41) is 0.780. The molecule has 0 amide bonds. The van der Waals surface area contributed by atoms with Gasteiger partial charge >= 0.3 is 0 Å². The van der Waals surface area contributed by atoms with E-state index in [0.29, 0.717) is 23.1 Å². The molecule has 1 aromatic carbocycles. The van der Waals surface area contributed by atoms with Crippen molar-refractivity contribution in [2.75, 3.05) is 30.8 Å². The Labute approximate surface area is 148 Å². The molecule has 2 aromatic rings. The third-order valence-electron chi connectivity index (χ3n) is 4.11. The van der Waals surface area contributed by atoms with Crippen molar-refractivity contribution in [1.29, 1.82) is 0 Å². The lowest BCUT2D eigenvalue weighted by atomic mass is 9.98. The van der Waals surface area contributed by atoms with Gasteiger partial charge in [-0.05, 0) is 40.8 Å². The standard InChI is InChI=1S/C15H18BrFN4O2S/c1-24(22,23)20-7-10-3-2-4-21(8-10)15-11-5-12(16)13(17)6-14(11)18-9-19-15/h5-6,9-10,20H,2-4,7-8H2,1H3. The second kappa shape index (κ2) is 6.89. The Morgan fingerprint density at radius 2 is 2.21 bits per heavy atom. The van der Waals surface area contributed by atoms with Crippen LogP contribution in [0.4, 0.5) is 10.2 Å². The van der Waals surface area contributed by atoms with E-state index in [1.54, 1.807) is 6.07 Å². The molecule has 0 aliphatic carbocycles. The first kappa shape index (κ1) is 17.5. The Balaban J connectivity index is 1.86. The van der Waals surface area contributed by atoms with Crippen LogP contribution in [0.25, 0.3) is 10.9 Å². The molecule has 2 heterocycles. The van der Waals surface area contributed by atoms with E-state index in [9.17, 15) is 12.8 Å². The van der Waals surface area contributed by atoms with E-state index in [1.165, 1.54) is 12.4 Å². The number of piperidine rings is 1. The van der Waals surface area contributed by atoms with Crippen LogP contribution in [0.1, 0.15) is 12.8 Å². The van der Waals surface area contributed by atoms with Crippen LogP contribution in [-0.2, 0) is 10.0 Å². The van der Waals surface area contributed by atoms with Gasteiger partial charge in [0, 0.05) is 31.1 Å². The Morgan fingerprint density at radius 1 is 1.42 bits per heavy atom. The maximum absolute atomic E-state index is 13.7. The van der Waals surface area contributed by atoms with E-state index in [1.807, 2.05) is 0 Å². The molecule has 1 aromatic heterocycles. The zero-order valence-electron chi connectivity index (χ0n) is 13.2. The average Bonchev–Trinajstić information content (AvgIpc) is 2.53. The number of fused-ring (bicyclic) bond motifs is 1. The van der Waals surface area contributed by atoms with Crippen molar-refractivity contribution in [3.05, 3.63) is 28.7 Å². The van der Waals surface area contributed by atoms with Gasteiger partial charge in [0.1, 0.15) is 18.0 Å². The third kappa shape index (κ3) is 4.01. The zero-order chi connectivity index (χ0) is 17.3. The van der Waals surface area contributed by atoms with Crippen LogP contribution in [0.2, 0.25) is 0 Å². The molecule has 130 valence electrons. The van der Waals surface area contributed by atoms with Crippen molar-refractivity contribution >= 4 is 42.7 Å². The number of anilines is 1. The van der Waals surface area contributed by atoms with Gasteiger partial charge in [0.05, 0.1) is 16.2 Å². The summed E-state index contributed by atoms with van der Waals surface area (Å²) in [6.45, 7) is 1.94. The van der Waals surface area contributed by atoms with Gasteiger partial charge in [-0.25, -0.2) is 27.5 Å².